The number of nitrogens with one attached hydrogen (secondary N) is 2. The molecule has 0 amide bonds. The van der Waals surface area contributed by atoms with Crippen LogP contribution in [0.5, 0.6) is 5.75 Å². The van der Waals surface area contributed by atoms with Crippen LogP contribution in [0.1, 0.15) is 27.4 Å². The lowest BCUT2D eigenvalue weighted by Crippen LogP contribution is -2.01. The lowest BCUT2D eigenvalue weighted by atomic mass is 10.0. The van der Waals surface area contributed by atoms with Crippen LogP contribution in [0.15, 0.2) is 48.5 Å². The second-order valence-electron chi connectivity index (χ2n) is 6.29. The molecule has 8 nitrogen and oxygen atoms in total. The number of hydrogen-bond donors (Lipinski definition) is 3. The van der Waals surface area contributed by atoms with Crippen molar-refractivity contribution in [3.8, 4) is 5.75 Å². The number of aliphatic hydroxyl groups is 1. The average molecular weight is 410 g/mol. The third-order valence-electron chi connectivity index (χ3n) is 4.49. The highest BCUT2D eigenvalue weighted by atomic mass is 35.5. The minimum atomic E-state index is -0.573. The number of carbonyl (C=O) groups excluding carboxylic acids is 1. The Morgan fingerprint density at radius 1 is 1.28 bits per heavy atom. The molecule has 0 spiro atoms. The molecule has 0 aliphatic carbocycles. The van der Waals surface area contributed by atoms with Crippen LogP contribution in [0, 0.1) is 0 Å². The molecule has 3 N–H and O–H groups in total. The maximum Gasteiger partial charge on any atom is 0.244 e. The van der Waals surface area contributed by atoms with Gasteiger partial charge in [-0.25, -0.2) is 0 Å². The molecule has 4 aromatic rings. The highest BCUT2D eigenvalue weighted by molar-refractivity contribution is 6.31. The number of fused-ring (bicyclic) bond motifs is 1. The molecule has 0 aliphatic rings. The maximum absolute atomic E-state index is 12.3. The van der Waals surface area contributed by atoms with Gasteiger partial charge in [-0.3, -0.25) is 4.79 Å². The van der Waals surface area contributed by atoms with E-state index < -0.39 is 5.78 Å². The predicted molar refractivity (Wildman–Crippen MR) is 108 cm³/mol. The topological polar surface area (TPSA) is 117 Å². The molecule has 2 heterocycles. The normalized spacial score (nSPS) is 11.7. The molecule has 0 saturated heterocycles. The molecule has 0 bridgehead atoms. The number of aliphatic hydroxyl groups excluding tert-OH is 1. The van der Waals surface area contributed by atoms with Crippen molar-refractivity contribution in [3.05, 3.63) is 76.2 Å². The summed E-state index contributed by atoms with van der Waals surface area (Å²) in [5, 5.41) is 24.9. The smallest absolute Gasteiger partial charge is 0.244 e. The van der Waals surface area contributed by atoms with Crippen LogP contribution in [0.25, 0.3) is 16.7 Å². The van der Waals surface area contributed by atoms with E-state index in [1.54, 1.807) is 19.2 Å². The highest BCUT2D eigenvalue weighted by Gasteiger charge is 2.19. The number of tetrazole rings is 1. The average Bonchev–Trinajstić information content (AvgIpc) is 3.36. The minimum absolute atomic E-state index is 0.138. The van der Waals surface area contributed by atoms with Crippen molar-refractivity contribution in [2.45, 2.75) is 6.42 Å². The second kappa shape index (κ2) is 7.76. The Hall–Kier alpha value is -3.65. The summed E-state index contributed by atoms with van der Waals surface area (Å²) in [4.78, 5) is 15.6. The monoisotopic (exact) mass is 409 g/mol. The Bertz CT molecular complexity index is 1210. The second-order valence-corrected chi connectivity index (χ2v) is 6.72. The molecule has 0 unspecified atom stereocenters. The van der Waals surface area contributed by atoms with Crippen LogP contribution in [-0.2, 0) is 6.42 Å². The zero-order valence-electron chi connectivity index (χ0n) is 15.3. The fourth-order valence-electron chi connectivity index (χ4n) is 3.21. The van der Waals surface area contributed by atoms with E-state index in [2.05, 4.69) is 25.6 Å². The molecule has 2 aromatic heterocycles. The number of rotatable bonds is 6. The number of allylic oxidation sites excluding steroid dienone is 1. The maximum atomic E-state index is 12.3. The van der Waals surface area contributed by atoms with Crippen molar-refractivity contribution in [1.29, 1.82) is 0 Å². The number of H-pyrrole nitrogens is 2. The van der Waals surface area contributed by atoms with E-state index in [4.69, 9.17) is 16.3 Å². The van der Waals surface area contributed by atoms with Crippen LogP contribution in [0.3, 0.4) is 0 Å². The molecule has 0 atom stereocenters. The van der Waals surface area contributed by atoms with Crippen LogP contribution in [0.2, 0.25) is 5.02 Å². The summed E-state index contributed by atoms with van der Waals surface area (Å²) in [6, 6.07) is 12.9. The molecule has 0 saturated carbocycles. The summed E-state index contributed by atoms with van der Waals surface area (Å²) in [5.74, 6) is -0.212. The van der Waals surface area contributed by atoms with E-state index in [9.17, 15) is 9.90 Å². The number of carbonyl (C=O) groups is 1. The Morgan fingerprint density at radius 2 is 2.10 bits per heavy atom. The van der Waals surface area contributed by atoms with E-state index in [1.807, 2.05) is 30.3 Å². The Labute approximate surface area is 170 Å². The summed E-state index contributed by atoms with van der Waals surface area (Å²) in [7, 11) is 1.60. The number of para-hydroxylation sites is 1. The number of methoxy groups -OCH3 is 1. The van der Waals surface area contributed by atoms with Gasteiger partial charge in [0.2, 0.25) is 11.6 Å². The third kappa shape index (κ3) is 3.70. The zero-order valence-corrected chi connectivity index (χ0v) is 16.1. The number of benzene rings is 2. The van der Waals surface area contributed by atoms with Gasteiger partial charge in [-0.05, 0) is 35.0 Å². The Morgan fingerprint density at radius 3 is 2.86 bits per heavy atom. The number of nitrogens with zero attached hydrogens (tertiary/aromatic N) is 3. The van der Waals surface area contributed by atoms with Crippen molar-refractivity contribution in [1.82, 2.24) is 25.6 Å². The fourth-order valence-corrected chi connectivity index (χ4v) is 3.38. The van der Waals surface area contributed by atoms with E-state index in [0.717, 1.165) is 22.9 Å². The molecule has 146 valence electrons. The number of aromatic amines is 2. The number of ether oxygens (including phenoxy) is 1. The quantitative estimate of drug-likeness (QED) is 0.254. The molecular weight excluding hydrogens is 394 g/mol. The Kier molecular flexibility index (Phi) is 5.01. The van der Waals surface area contributed by atoms with Crippen LogP contribution in [-0.4, -0.2) is 43.6 Å². The molecule has 29 heavy (non-hydrogen) atoms. The summed E-state index contributed by atoms with van der Waals surface area (Å²) in [6.07, 6.45) is 1.51. The number of aromatic nitrogens is 5. The van der Waals surface area contributed by atoms with E-state index in [0.29, 0.717) is 28.1 Å². The van der Waals surface area contributed by atoms with Gasteiger partial charge in [0.25, 0.3) is 0 Å². The lowest BCUT2D eigenvalue weighted by Gasteiger charge is -2.09. The molecule has 4 rings (SSSR count). The van der Waals surface area contributed by atoms with Gasteiger partial charge in [0.1, 0.15) is 11.5 Å². The summed E-state index contributed by atoms with van der Waals surface area (Å²) < 4.78 is 5.43. The Balaban J connectivity index is 1.83. The predicted octanol–water partition coefficient (Wildman–Crippen LogP) is 3.72. The van der Waals surface area contributed by atoms with Crippen molar-refractivity contribution in [3.63, 3.8) is 0 Å². The standard InChI is InChI=1S/C20H16ClN5O3/c1-29-18-5-3-2-4-11(18)8-15-19(13-9-12(21)6-7-14(13)22-15)16(27)10-17(28)20-23-25-26-24-20/h2-7,9-10,22,27H,8H2,1H3,(H,23,24,25,26)/b16-10-. The van der Waals surface area contributed by atoms with E-state index in [1.165, 1.54) is 0 Å². The molecule has 2 aromatic carbocycles. The zero-order chi connectivity index (χ0) is 20.4. The van der Waals surface area contributed by atoms with Gasteiger partial charge < -0.3 is 14.8 Å². The molecule has 0 aliphatic heterocycles. The third-order valence-corrected chi connectivity index (χ3v) is 4.72. The first-order chi connectivity index (χ1) is 14.1. The van der Waals surface area contributed by atoms with Crippen molar-refractivity contribution in [2.75, 3.05) is 7.11 Å². The molecule has 0 fully saturated rings. The molecule has 9 heteroatoms. The van der Waals surface area contributed by atoms with Gasteiger partial charge >= 0.3 is 0 Å². The summed E-state index contributed by atoms with van der Waals surface area (Å²) in [6.45, 7) is 0. The first kappa shape index (κ1) is 18.7. The largest absolute Gasteiger partial charge is 0.507 e. The van der Waals surface area contributed by atoms with Crippen LogP contribution >= 0.6 is 11.6 Å². The van der Waals surface area contributed by atoms with Crippen molar-refractivity contribution in [2.24, 2.45) is 0 Å². The fraction of sp³-hybridized carbons (Fsp3) is 0.100. The van der Waals surface area contributed by atoms with Gasteiger partial charge in [-0.15, -0.1) is 10.2 Å². The number of hydrogen-bond acceptors (Lipinski definition) is 6. The van der Waals surface area contributed by atoms with Gasteiger partial charge in [0, 0.05) is 39.7 Å². The number of halogens is 1. The van der Waals surface area contributed by atoms with Crippen LogP contribution < -0.4 is 4.74 Å². The van der Waals surface area contributed by atoms with E-state index in [-0.39, 0.29) is 11.6 Å². The van der Waals surface area contributed by atoms with E-state index >= 15 is 0 Å². The lowest BCUT2D eigenvalue weighted by molar-refractivity contribution is 0.103. The summed E-state index contributed by atoms with van der Waals surface area (Å²) >= 11 is 6.17. The van der Waals surface area contributed by atoms with Gasteiger partial charge in [0.15, 0.2) is 0 Å². The molecule has 0 radical (unpaired) electrons. The highest BCUT2D eigenvalue weighted by Crippen LogP contribution is 2.32. The SMILES string of the molecule is COc1ccccc1Cc1[nH]c2ccc(Cl)cc2c1/C(O)=C/C(=O)c1nn[nH]n1. The van der Waals surface area contributed by atoms with Crippen molar-refractivity contribution >= 4 is 34.0 Å². The first-order valence-corrected chi connectivity index (χ1v) is 9.05. The summed E-state index contributed by atoms with van der Waals surface area (Å²) in [5.41, 5.74) is 2.89. The number of ketones is 1. The van der Waals surface area contributed by atoms with Gasteiger partial charge in [-0.1, -0.05) is 29.8 Å². The van der Waals surface area contributed by atoms with Gasteiger partial charge in [-0.2, -0.15) is 5.21 Å². The van der Waals surface area contributed by atoms with Crippen LogP contribution in [0.4, 0.5) is 0 Å². The van der Waals surface area contributed by atoms with Crippen molar-refractivity contribution < 1.29 is 14.6 Å². The van der Waals surface area contributed by atoms with Gasteiger partial charge in [0.05, 0.1) is 7.11 Å². The minimum Gasteiger partial charge on any atom is -0.507 e. The molecular formula is C20H16ClN5O3. The first-order valence-electron chi connectivity index (χ1n) is 8.67.